The van der Waals surface area contributed by atoms with Crippen molar-refractivity contribution in [2.75, 3.05) is 13.2 Å². The van der Waals surface area contributed by atoms with E-state index < -0.39 is 11.6 Å². The molecule has 1 heterocycles. The number of benzene rings is 1. The molecule has 3 rings (SSSR count). The smallest absolute Gasteiger partial charge is 0.251 e. The molecule has 2 N–H and O–H groups in total. The predicted octanol–water partition coefficient (Wildman–Crippen LogP) is 3.54. The summed E-state index contributed by atoms with van der Waals surface area (Å²) in [5.74, 6) is 0.0357. The van der Waals surface area contributed by atoms with Gasteiger partial charge in [-0.1, -0.05) is 6.07 Å². The lowest BCUT2D eigenvalue weighted by Gasteiger charge is -2.28. The highest BCUT2D eigenvalue weighted by atomic mass is 19.1. The van der Waals surface area contributed by atoms with Gasteiger partial charge in [-0.15, -0.1) is 0 Å². The van der Waals surface area contributed by atoms with Crippen LogP contribution in [0.2, 0.25) is 0 Å². The Kier molecular flexibility index (Phi) is 6.04. The number of carbonyl (C=O) groups is 1. The third-order valence-electron chi connectivity index (χ3n) is 4.83. The third-order valence-corrected chi connectivity index (χ3v) is 4.83. The Hall–Kier alpha value is -2.63. The van der Waals surface area contributed by atoms with Crippen molar-refractivity contribution in [3.8, 4) is 11.6 Å². The van der Waals surface area contributed by atoms with Crippen LogP contribution in [0.3, 0.4) is 0 Å². The highest BCUT2D eigenvalue weighted by Gasteiger charge is 2.22. The lowest BCUT2D eigenvalue weighted by molar-refractivity contribution is 0.0937. The number of hydrogen-bond donors (Lipinski definition) is 2. The average Bonchev–Trinajstić information content (AvgIpc) is 2.68. The summed E-state index contributed by atoms with van der Waals surface area (Å²) in [6.07, 6.45) is 5.89. The molecule has 0 unspecified atom stereocenters. The van der Waals surface area contributed by atoms with Crippen LogP contribution in [-0.4, -0.2) is 29.1 Å². The van der Waals surface area contributed by atoms with E-state index in [-0.39, 0.29) is 11.5 Å². The lowest BCUT2D eigenvalue weighted by atomic mass is 9.82. The van der Waals surface area contributed by atoms with Gasteiger partial charge < -0.3 is 15.2 Å². The van der Waals surface area contributed by atoms with Crippen LogP contribution in [0.15, 0.2) is 42.6 Å². The maximum absolute atomic E-state index is 13.3. The van der Waals surface area contributed by atoms with Crippen LogP contribution in [0.1, 0.15) is 36.0 Å². The van der Waals surface area contributed by atoms with Gasteiger partial charge in [0.15, 0.2) is 11.6 Å². The van der Waals surface area contributed by atoms with Crippen molar-refractivity contribution in [3.05, 3.63) is 54.0 Å². The molecule has 5 nitrogen and oxygen atoms in total. The van der Waals surface area contributed by atoms with Crippen LogP contribution in [0, 0.1) is 17.7 Å². The quantitative estimate of drug-likeness (QED) is 0.828. The van der Waals surface area contributed by atoms with E-state index in [4.69, 9.17) is 4.74 Å². The molecule has 1 aromatic heterocycles. The van der Waals surface area contributed by atoms with Gasteiger partial charge >= 0.3 is 0 Å². The molecule has 1 aliphatic rings. The zero-order valence-corrected chi connectivity index (χ0v) is 14.5. The molecule has 0 bridgehead atoms. The minimum absolute atomic E-state index is 0.220. The Morgan fingerprint density at radius 1 is 1.19 bits per heavy atom. The van der Waals surface area contributed by atoms with Crippen molar-refractivity contribution in [1.29, 1.82) is 0 Å². The van der Waals surface area contributed by atoms with Gasteiger partial charge in [-0.2, -0.15) is 0 Å². The third kappa shape index (κ3) is 4.94. The first kappa shape index (κ1) is 18.2. The monoisotopic (exact) mass is 358 g/mol. The van der Waals surface area contributed by atoms with Crippen molar-refractivity contribution in [1.82, 2.24) is 10.3 Å². The maximum Gasteiger partial charge on any atom is 0.251 e. The number of ether oxygens (including phenoxy) is 1. The van der Waals surface area contributed by atoms with E-state index in [2.05, 4.69) is 10.3 Å². The number of halogens is 1. The molecule has 0 atom stereocenters. The minimum atomic E-state index is -0.786. The van der Waals surface area contributed by atoms with Crippen molar-refractivity contribution in [2.45, 2.75) is 25.7 Å². The highest BCUT2D eigenvalue weighted by molar-refractivity contribution is 5.94. The number of phenols is 1. The van der Waals surface area contributed by atoms with Gasteiger partial charge in [-0.3, -0.25) is 4.79 Å². The molecule has 1 aliphatic carbocycles. The molecule has 1 fully saturated rings. The van der Waals surface area contributed by atoms with Crippen LogP contribution in [-0.2, 0) is 0 Å². The van der Waals surface area contributed by atoms with Gasteiger partial charge in [0.25, 0.3) is 5.91 Å². The molecule has 6 heteroatoms. The largest absolute Gasteiger partial charge is 0.505 e. The minimum Gasteiger partial charge on any atom is -0.505 e. The maximum atomic E-state index is 13.3. The molecule has 2 aromatic rings. The van der Waals surface area contributed by atoms with Crippen LogP contribution in [0.5, 0.6) is 11.6 Å². The van der Waals surface area contributed by atoms with Gasteiger partial charge in [0.1, 0.15) is 0 Å². The fourth-order valence-corrected chi connectivity index (χ4v) is 3.23. The first-order valence-electron chi connectivity index (χ1n) is 8.92. The molecule has 0 aliphatic heterocycles. The van der Waals surface area contributed by atoms with Crippen molar-refractivity contribution in [2.24, 2.45) is 11.8 Å². The van der Waals surface area contributed by atoms with Gasteiger partial charge in [0.05, 0.1) is 6.61 Å². The van der Waals surface area contributed by atoms with Crippen LogP contribution in [0.4, 0.5) is 4.39 Å². The van der Waals surface area contributed by atoms with E-state index in [1.807, 2.05) is 18.2 Å². The second-order valence-corrected chi connectivity index (χ2v) is 6.74. The Balaban J connectivity index is 1.38. The Labute approximate surface area is 152 Å². The van der Waals surface area contributed by atoms with E-state index >= 15 is 0 Å². The Morgan fingerprint density at radius 2 is 1.96 bits per heavy atom. The molecule has 1 amide bonds. The lowest BCUT2D eigenvalue weighted by Crippen LogP contribution is -2.32. The number of hydrogen-bond acceptors (Lipinski definition) is 4. The van der Waals surface area contributed by atoms with E-state index in [1.54, 1.807) is 6.20 Å². The normalized spacial score (nSPS) is 19.7. The molecule has 0 spiro atoms. The van der Waals surface area contributed by atoms with Crippen LogP contribution in [0.25, 0.3) is 0 Å². The first-order chi connectivity index (χ1) is 12.6. The highest BCUT2D eigenvalue weighted by Crippen LogP contribution is 2.29. The zero-order valence-electron chi connectivity index (χ0n) is 14.5. The second-order valence-electron chi connectivity index (χ2n) is 6.74. The molecule has 0 radical (unpaired) electrons. The number of nitrogens with one attached hydrogen (secondary N) is 1. The number of amides is 1. The molecule has 138 valence electrons. The van der Waals surface area contributed by atoms with E-state index in [1.165, 1.54) is 12.1 Å². The average molecular weight is 358 g/mol. The van der Waals surface area contributed by atoms with Gasteiger partial charge in [-0.05, 0) is 61.8 Å². The molecular formula is C20H23FN2O3. The zero-order chi connectivity index (χ0) is 18.4. The van der Waals surface area contributed by atoms with Crippen molar-refractivity contribution < 1.29 is 19.0 Å². The number of aromatic nitrogens is 1. The summed E-state index contributed by atoms with van der Waals surface area (Å²) in [5, 5.41) is 12.0. The summed E-state index contributed by atoms with van der Waals surface area (Å²) in [6, 6.07) is 9.28. The molecular weight excluding hydrogens is 335 g/mol. The SMILES string of the molecule is O=C(NC[C@H]1CC[C@@H](COc2ccccn2)CC1)c1ccc(O)c(F)c1. The fourth-order valence-electron chi connectivity index (χ4n) is 3.23. The van der Waals surface area contributed by atoms with E-state index in [0.29, 0.717) is 30.9 Å². The summed E-state index contributed by atoms with van der Waals surface area (Å²) in [5.41, 5.74) is 0.220. The van der Waals surface area contributed by atoms with Gasteiger partial charge in [-0.25, -0.2) is 9.37 Å². The number of carbonyl (C=O) groups excluding carboxylic acids is 1. The number of pyridine rings is 1. The number of rotatable bonds is 6. The summed E-state index contributed by atoms with van der Waals surface area (Å²) in [7, 11) is 0. The number of nitrogens with zero attached hydrogens (tertiary/aromatic N) is 1. The van der Waals surface area contributed by atoms with E-state index in [0.717, 1.165) is 31.7 Å². The Bertz CT molecular complexity index is 731. The summed E-state index contributed by atoms with van der Waals surface area (Å²) in [6.45, 7) is 1.25. The van der Waals surface area contributed by atoms with Crippen molar-refractivity contribution in [3.63, 3.8) is 0 Å². The topological polar surface area (TPSA) is 71.5 Å². The Morgan fingerprint density at radius 3 is 2.65 bits per heavy atom. The van der Waals surface area contributed by atoms with Gasteiger partial charge in [0.2, 0.25) is 5.88 Å². The number of phenolic OH excluding ortho intramolecular Hbond substituents is 1. The second kappa shape index (κ2) is 8.65. The molecule has 26 heavy (non-hydrogen) atoms. The van der Waals surface area contributed by atoms with E-state index in [9.17, 15) is 14.3 Å². The van der Waals surface area contributed by atoms with Gasteiger partial charge in [0, 0.05) is 24.4 Å². The fraction of sp³-hybridized carbons (Fsp3) is 0.400. The van der Waals surface area contributed by atoms with Crippen molar-refractivity contribution >= 4 is 5.91 Å². The summed E-state index contributed by atoms with van der Waals surface area (Å²) in [4.78, 5) is 16.2. The first-order valence-corrected chi connectivity index (χ1v) is 8.92. The molecule has 1 saturated carbocycles. The van der Waals surface area contributed by atoms with Crippen LogP contribution >= 0.6 is 0 Å². The summed E-state index contributed by atoms with van der Waals surface area (Å²) < 4.78 is 19.0. The molecule has 0 saturated heterocycles. The molecule has 1 aromatic carbocycles. The predicted molar refractivity (Wildman–Crippen MR) is 95.6 cm³/mol. The number of aromatic hydroxyl groups is 1. The van der Waals surface area contributed by atoms with Crippen LogP contribution < -0.4 is 10.1 Å². The summed E-state index contributed by atoms with van der Waals surface area (Å²) >= 11 is 0. The standard InChI is InChI=1S/C20H23FN2O3/c21-17-11-16(8-9-18(17)24)20(25)23-12-14-4-6-15(7-5-14)13-26-19-3-1-2-10-22-19/h1-3,8-11,14-15,24H,4-7,12-13H2,(H,23,25)/t14-,15+.